The number of carbonyl (C=O) groups is 1. The number of ketones is 1. The van der Waals surface area contributed by atoms with Gasteiger partial charge < -0.3 is 10.3 Å². The number of nitrogens with zero attached hydrogens (tertiary/aromatic N) is 1. The van der Waals surface area contributed by atoms with Gasteiger partial charge in [-0.3, -0.25) is 4.79 Å². The fourth-order valence-corrected chi connectivity index (χ4v) is 2.37. The highest BCUT2D eigenvalue weighted by Gasteiger charge is 2.24. The SMILES string of the molecule is Cn1cc(C(=O)C2CCCC2)cc1CN. The summed E-state index contributed by atoms with van der Waals surface area (Å²) >= 11 is 0. The van der Waals surface area contributed by atoms with Crippen LogP contribution in [-0.2, 0) is 13.6 Å². The number of rotatable bonds is 3. The molecule has 0 unspecified atom stereocenters. The normalized spacial score (nSPS) is 17.2. The summed E-state index contributed by atoms with van der Waals surface area (Å²) in [5, 5.41) is 0. The minimum Gasteiger partial charge on any atom is -0.353 e. The van der Waals surface area contributed by atoms with Crippen LogP contribution in [0.25, 0.3) is 0 Å². The highest BCUT2D eigenvalue weighted by atomic mass is 16.1. The smallest absolute Gasteiger partial charge is 0.167 e. The first-order chi connectivity index (χ1) is 7.22. The number of Topliss-reactive ketones (excluding diaryl/α,β-unsaturated/α-hetero) is 1. The summed E-state index contributed by atoms with van der Waals surface area (Å²) < 4.78 is 1.95. The maximum Gasteiger partial charge on any atom is 0.167 e. The molecule has 3 heteroatoms. The van der Waals surface area contributed by atoms with E-state index in [1.165, 1.54) is 12.8 Å². The minimum absolute atomic E-state index is 0.262. The Balaban J connectivity index is 2.17. The van der Waals surface area contributed by atoms with E-state index in [-0.39, 0.29) is 5.92 Å². The van der Waals surface area contributed by atoms with Crippen LogP contribution in [0.3, 0.4) is 0 Å². The largest absolute Gasteiger partial charge is 0.353 e. The molecule has 0 amide bonds. The average molecular weight is 206 g/mol. The summed E-state index contributed by atoms with van der Waals surface area (Å²) in [5.41, 5.74) is 7.45. The van der Waals surface area contributed by atoms with Crippen molar-refractivity contribution in [3.63, 3.8) is 0 Å². The van der Waals surface area contributed by atoms with Gasteiger partial charge in [0.2, 0.25) is 0 Å². The lowest BCUT2D eigenvalue weighted by Crippen LogP contribution is -2.09. The standard InChI is InChI=1S/C12H18N2O/c1-14-8-10(6-11(14)7-13)12(15)9-4-2-3-5-9/h6,8-9H,2-5,7,13H2,1H3. The lowest BCUT2D eigenvalue weighted by molar-refractivity contribution is 0.0923. The van der Waals surface area contributed by atoms with Gasteiger partial charge in [-0.1, -0.05) is 12.8 Å². The molecular weight excluding hydrogens is 188 g/mol. The van der Waals surface area contributed by atoms with Crippen molar-refractivity contribution >= 4 is 5.78 Å². The van der Waals surface area contributed by atoms with Gasteiger partial charge in [0.1, 0.15) is 0 Å². The molecule has 1 fully saturated rings. The van der Waals surface area contributed by atoms with Crippen molar-refractivity contribution < 1.29 is 4.79 Å². The first-order valence-corrected chi connectivity index (χ1v) is 5.62. The molecule has 15 heavy (non-hydrogen) atoms. The van der Waals surface area contributed by atoms with Crippen LogP contribution in [0.1, 0.15) is 41.7 Å². The molecule has 1 aromatic heterocycles. The predicted molar refractivity (Wildman–Crippen MR) is 59.6 cm³/mol. The van der Waals surface area contributed by atoms with Gasteiger partial charge in [-0.2, -0.15) is 0 Å². The molecule has 0 radical (unpaired) electrons. The van der Waals surface area contributed by atoms with Crippen LogP contribution in [0, 0.1) is 5.92 Å². The van der Waals surface area contributed by atoms with E-state index in [0.717, 1.165) is 24.1 Å². The fourth-order valence-electron chi connectivity index (χ4n) is 2.37. The molecule has 0 spiro atoms. The summed E-state index contributed by atoms with van der Waals surface area (Å²) in [6.07, 6.45) is 6.43. The van der Waals surface area contributed by atoms with Crippen molar-refractivity contribution in [3.8, 4) is 0 Å². The van der Waals surface area contributed by atoms with Crippen LogP contribution in [0.4, 0.5) is 0 Å². The first-order valence-electron chi connectivity index (χ1n) is 5.62. The Kier molecular flexibility index (Phi) is 2.91. The molecule has 0 aliphatic heterocycles. The maximum absolute atomic E-state index is 12.1. The van der Waals surface area contributed by atoms with Crippen molar-refractivity contribution in [1.29, 1.82) is 0 Å². The third kappa shape index (κ3) is 1.97. The van der Waals surface area contributed by atoms with E-state index in [1.54, 1.807) is 0 Å². The highest BCUT2D eigenvalue weighted by Crippen LogP contribution is 2.28. The molecule has 0 atom stereocenters. The van der Waals surface area contributed by atoms with Crippen molar-refractivity contribution in [2.75, 3.05) is 0 Å². The molecule has 1 saturated carbocycles. The highest BCUT2D eigenvalue weighted by molar-refractivity contribution is 5.98. The first kappa shape index (κ1) is 10.4. The number of aromatic nitrogens is 1. The lowest BCUT2D eigenvalue weighted by Gasteiger charge is -2.04. The number of aryl methyl sites for hydroxylation is 1. The molecule has 82 valence electrons. The van der Waals surface area contributed by atoms with E-state index in [0.29, 0.717) is 12.3 Å². The molecule has 1 aliphatic carbocycles. The third-order valence-electron chi connectivity index (χ3n) is 3.33. The fraction of sp³-hybridized carbons (Fsp3) is 0.583. The summed E-state index contributed by atoms with van der Waals surface area (Å²) in [5.74, 6) is 0.570. The zero-order valence-electron chi connectivity index (χ0n) is 9.20. The molecule has 1 heterocycles. The Morgan fingerprint density at radius 2 is 2.20 bits per heavy atom. The van der Waals surface area contributed by atoms with Gasteiger partial charge in [0.15, 0.2) is 5.78 Å². The average Bonchev–Trinajstić information content (AvgIpc) is 2.85. The number of hydrogen-bond donors (Lipinski definition) is 1. The predicted octanol–water partition coefficient (Wildman–Crippen LogP) is 1.86. The van der Waals surface area contributed by atoms with Crippen LogP contribution >= 0.6 is 0 Å². The molecule has 1 aliphatic rings. The Morgan fingerprint density at radius 1 is 1.53 bits per heavy atom. The third-order valence-corrected chi connectivity index (χ3v) is 3.33. The Hall–Kier alpha value is -1.09. The molecule has 3 nitrogen and oxygen atoms in total. The van der Waals surface area contributed by atoms with Crippen LogP contribution in [0.15, 0.2) is 12.3 Å². The summed E-state index contributed by atoms with van der Waals surface area (Å²) in [4.78, 5) is 12.1. The van der Waals surface area contributed by atoms with Gasteiger partial charge in [-0.05, 0) is 18.9 Å². The van der Waals surface area contributed by atoms with Crippen LogP contribution in [-0.4, -0.2) is 10.4 Å². The van der Waals surface area contributed by atoms with Crippen molar-refractivity contribution in [1.82, 2.24) is 4.57 Å². The van der Waals surface area contributed by atoms with Gasteiger partial charge in [0, 0.05) is 37.0 Å². The zero-order valence-corrected chi connectivity index (χ0v) is 9.20. The molecule has 0 aromatic carbocycles. The van der Waals surface area contributed by atoms with Gasteiger partial charge in [0.05, 0.1) is 0 Å². The van der Waals surface area contributed by atoms with E-state index in [1.807, 2.05) is 23.9 Å². The zero-order chi connectivity index (χ0) is 10.8. The quantitative estimate of drug-likeness (QED) is 0.767. The molecule has 0 bridgehead atoms. The molecule has 2 rings (SSSR count). The second kappa shape index (κ2) is 4.19. The topological polar surface area (TPSA) is 48.0 Å². The van der Waals surface area contributed by atoms with Gasteiger partial charge in [-0.15, -0.1) is 0 Å². The summed E-state index contributed by atoms with van der Waals surface area (Å²) in [7, 11) is 1.94. The van der Waals surface area contributed by atoms with Crippen molar-refractivity contribution in [2.45, 2.75) is 32.2 Å². The van der Waals surface area contributed by atoms with E-state index in [9.17, 15) is 4.79 Å². The van der Waals surface area contributed by atoms with E-state index in [2.05, 4.69) is 0 Å². The molecule has 0 saturated heterocycles. The summed E-state index contributed by atoms with van der Waals surface area (Å²) in [6, 6.07) is 1.93. The van der Waals surface area contributed by atoms with Crippen LogP contribution in [0.2, 0.25) is 0 Å². The van der Waals surface area contributed by atoms with E-state index in [4.69, 9.17) is 5.73 Å². The summed E-state index contributed by atoms with van der Waals surface area (Å²) in [6.45, 7) is 0.494. The second-order valence-electron chi connectivity index (χ2n) is 4.38. The second-order valence-corrected chi connectivity index (χ2v) is 4.38. The van der Waals surface area contributed by atoms with Crippen LogP contribution < -0.4 is 5.73 Å². The number of carbonyl (C=O) groups excluding carboxylic acids is 1. The van der Waals surface area contributed by atoms with E-state index < -0.39 is 0 Å². The van der Waals surface area contributed by atoms with Crippen molar-refractivity contribution in [3.05, 3.63) is 23.5 Å². The Morgan fingerprint density at radius 3 is 2.73 bits per heavy atom. The Bertz CT molecular complexity index is 362. The number of hydrogen-bond acceptors (Lipinski definition) is 2. The lowest BCUT2D eigenvalue weighted by atomic mass is 9.98. The van der Waals surface area contributed by atoms with Crippen LogP contribution in [0.5, 0.6) is 0 Å². The number of nitrogens with two attached hydrogens (primary N) is 1. The Labute approximate surface area is 90.3 Å². The van der Waals surface area contributed by atoms with Gasteiger partial charge >= 0.3 is 0 Å². The molecule has 2 N–H and O–H groups in total. The molecule has 1 aromatic rings. The van der Waals surface area contributed by atoms with Gasteiger partial charge in [-0.25, -0.2) is 0 Å². The van der Waals surface area contributed by atoms with Gasteiger partial charge in [0.25, 0.3) is 0 Å². The molecular formula is C12H18N2O. The van der Waals surface area contributed by atoms with E-state index >= 15 is 0 Å². The monoisotopic (exact) mass is 206 g/mol. The van der Waals surface area contributed by atoms with Crippen molar-refractivity contribution in [2.24, 2.45) is 18.7 Å². The minimum atomic E-state index is 0.262. The maximum atomic E-state index is 12.1.